The molecule has 8 heteroatoms. The van der Waals surface area contributed by atoms with E-state index in [1.807, 2.05) is 0 Å². The first kappa shape index (κ1) is 14.3. The average Bonchev–Trinajstić information content (AvgIpc) is 2.97. The SMILES string of the molecule is CN(C)C(=O)O[C@H]1CCN(C(=O)c2sncc2Br)C1. The summed E-state index contributed by atoms with van der Waals surface area (Å²) >= 11 is 4.46. The van der Waals surface area contributed by atoms with Gasteiger partial charge in [0.25, 0.3) is 5.91 Å². The lowest BCUT2D eigenvalue weighted by Crippen LogP contribution is -2.32. The van der Waals surface area contributed by atoms with Crippen molar-refractivity contribution in [1.29, 1.82) is 0 Å². The fourth-order valence-electron chi connectivity index (χ4n) is 1.77. The normalized spacial score (nSPS) is 18.5. The Labute approximate surface area is 123 Å². The number of carbonyl (C=O) groups excluding carboxylic acids is 2. The molecule has 0 N–H and O–H groups in total. The lowest BCUT2D eigenvalue weighted by Gasteiger charge is -2.17. The molecule has 2 amide bonds. The van der Waals surface area contributed by atoms with Crippen LogP contribution in [0.4, 0.5) is 4.79 Å². The summed E-state index contributed by atoms with van der Waals surface area (Å²) in [5.74, 6) is -0.0715. The van der Waals surface area contributed by atoms with E-state index in [0.717, 1.165) is 11.5 Å². The number of carbonyl (C=O) groups is 2. The predicted molar refractivity (Wildman–Crippen MR) is 74.3 cm³/mol. The number of halogens is 1. The van der Waals surface area contributed by atoms with Crippen LogP contribution in [0.2, 0.25) is 0 Å². The minimum absolute atomic E-state index is 0.0715. The van der Waals surface area contributed by atoms with Crippen molar-refractivity contribution in [3.63, 3.8) is 0 Å². The summed E-state index contributed by atoms with van der Waals surface area (Å²) in [6.45, 7) is 1.03. The molecule has 1 aromatic rings. The van der Waals surface area contributed by atoms with Crippen molar-refractivity contribution in [2.75, 3.05) is 27.2 Å². The van der Waals surface area contributed by atoms with Crippen LogP contribution < -0.4 is 0 Å². The van der Waals surface area contributed by atoms with Gasteiger partial charge in [0.2, 0.25) is 0 Å². The molecular formula is C11H14BrN3O3S. The number of aromatic nitrogens is 1. The molecule has 0 spiro atoms. The first-order valence-electron chi connectivity index (χ1n) is 5.76. The van der Waals surface area contributed by atoms with Gasteiger partial charge in [0, 0.05) is 27.1 Å². The molecule has 1 aliphatic heterocycles. The van der Waals surface area contributed by atoms with Gasteiger partial charge in [-0.2, -0.15) is 4.37 Å². The van der Waals surface area contributed by atoms with Gasteiger partial charge in [-0.1, -0.05) is 0 Å². The molecule has 1 aliphatic rings. The fourth-order valence-corrected chi connectivity index (χ4v) is 3.00. The second-order valence-corrected chi connectivity index (χ2v) is 6.10. The number of ether oxygens (including phenoxy) is 1. The third-order valence-electron chi connectivity index (χ3n) is 2.79. The molecular weight excluding hydrogens is 334 g/mol. The quantitative estimate of drug-likeness (QED) is 0.818. The maximum absolute atomic E-state index is 12.2. The highest BCUT2D eigenvalue weighted by Crippen LogP contribution is 2.24. The summed E-state index contributed by atoms with van der Waals surface area (Å²) < 4.78 is 9.93. The molecule has 2 heterocycles. The maximum atomic E-state index is 12.2. The molecule has 0 saturated carbocycles. The van der Waals surface area contributed by atoms with Crippen LogP contribution in [0.5, 0.6) is 0 Å². The van der Waals surface area contributed by atoms with Gasteiger partial charge < -0.3 is 14.5 Å². The van der Waals surface area contributed by atoms with Gasteiger partial charge in [0.05, 0.1) is 17.2 Å². The molecule has 0 aromatic carbocycles. The van der Waals surface area contributed by atoms with Crippen LogP contribution in [0.15, 0.2) is 10.7 Å². The Bertz CT molecular complexity index is 491. The van der Waals surface area contributed by atoms with Crippen molar-refractivity contribution in [3.8, 4) is 0 Å². The summed E-state index contributed by atoms with van der Waals surface area (Å²) in [6.07, 6.45) is 1.67. The molecule has 104 valence electrons. The second-order valence-electron chi connectivity index (χ2n) is 4.44. The Morgan fingerprint density at radius 2 is 2.32 bits per heavy atom. The predicted octanol–water partition coefficient (Wildman–Crippen LogP) is 1.82. The van der Waals surface area contributed by atoms with Crippen molar-refractivity contribution >= 4 is 39.5 Å². The lowest BCUT2D eigenvalue weighted by molar-refractivity contribution is 0.0667. The summed E-state index contributed by atoms with van der Waals surface area (Å²) in [6, 6.07) is 0. The minimum Gasteiger partial charge on any atom is -0.444 e. The zero-order valence-electron chi connectivity index (χ0n) is 10.6. The number of rotatable bonds is 2. The van der Waals surface area contributed by atoms with Crippen LogP contribution in [0, 0.1) is 0 Å². The number of amides is 2. The summed E-state index contributed by atoms with van der Waals surface area (Å²) in [5, 5.41) is 0. The first-order valence-corrected chi connectivity index (χ1v) is 7.33. The van der Waals surface area contributed by atoms with E-state index in [2.05, 4.69) is 20.3 Å². The molecule has 1 aromatic heterocycles. The number of likely N-dealkylation sites (tertiary alicyclic amines) is 1. The van der Waals surface area contributed by atoms with Crippen LogP contribution in [0.1, 0.15) is 16.1 Å². The summed E-state index contributed by atoms with van der Waals surface area (Å²) in [4.78, 5) is 27.3. The summed E-state index contributed by atoms with van der Waals surface area (Å²) in [7, 11) is 3.27. The molecule has 1 saturated heterocycles. The number of hydrogen-bond acceptors (Lipinski definition) is 5. The van der Waals surface area contributed by atoms with Gasteiger partial charge in [-0.3, -0.25) is 4.79 Å². The molecule has 0 aliphatic carbocycles. The van der Waals surface area contributed by atoms with E-state index in [4.69, 9.17) is 4.74 Å². The zero-order chi connectivity index (χ0) is 14.0. The van der Waals surface area contributed by atoms with Gasteiger partial charge in [-0.05, 0) is 27.5 Å². The lowest BCUT2D eigenvalue weighted by atomic mass is 10.3. The van der Waals surface area contributed by atoms with Gasteiger partial charge in [0.15, 0.2) is 0 Å². The maximum Gasteiger partial charge on any atom is 0.409 e. The standard InChI is InChI=1S/C11H14BrN3O3S/c1-14(2)11(17)18-7-3-4-15(6-7)10(16)9-8(12)5-13-19-9/h5,7H,3-4,6H2,1-2H3/t7-/m0/s1. The van der Waals surface area contributed by atoms with E-state index in [0.29, 0.717) is 28.9 Å². The van der Waals surface area contributed by atoms with E-state index in [1.54, 1.807) is 25.2 Å². The highest BCUT2D eigenvalue weighted by atomic mass is 79.9. The first-order chi connectivity index (χ1) is 8.99. The average molecular weight is 348 g/mol. The van der Waals surface area contributed by atoms with Gasteiger partial charge in [-0.25, -0.2) is 4.79 Å². The van der Waals surface area contributed by atoms with E-state index in [1.165, 1.54) is 4.90 Å². The molecule has 19 heavy (non-hydrogen) atoms. The molecule has 6 nitrogen and oxygen atoms in total. The topological polar surface area (TPSA) is 62.7 Å². The van der Waals surface area contributed by atoms with Gasteiger partial charge in [0.1, 0.15) is 11.0 Å². The third-order valence-corrected chi connectivity index (χ3v) is 4.44. The number of hydrogen-bond donors (Lipinski definition) is 0. The van der Waals surface area contributed by atoms with Gasteiger partial charge >= 0.3 is 6.09 Å². The fraction of sp³-hybridized carbons (Fsp3) is 0.545. The van der Waals surface area contributed by atoms with Crippen molar-refractivity contribution in [2.24, 2.45) is 0 Å². The van der Waals surface area contributed by atoms with Crippen LogP contribution in [0.25, 0.3) is 0 Å². The van der Waals surface area contributed by atoms with Crippen LogP contribution in [-0.2, 0) is 4.74 Å². The third kappa shape index (κ3) is 3.24. The van der Waals surface area contributed by atoms with E-state index >= 15 is 0 Å². The minimum atomic E-state index is -0.377. The van der Waals surface area contributed by atoms with Crippen LogP contribution in [0.3, 0.4) is 0 Å². The smallest absolute Gasteiger partial charge is 0.409 e. The van der Waals surface area contributed by atoms with Crippen LogP contribution >= 0.6 is 27.5 Å². The monoisotopic (exact) mass is 347 g/mol. The van der Waals surface area contributed by atoms with Crippen molar-refractivity contribution in [3.05, 3.63) is 15.5 Å². The second kappa shape index (κ2) is 5.87. The summed E-state index contributed by atoms with van der Waals surface area (Å²) in [5.41, 5.74) is 0. The Hall–Kier alpha value is -1.15. The van der Waals surface area contributed by atoms with Gasteiger partial charge in [-0.15, -0.1) is 0 Å². The molecule has 0 unspecified atom stereocenters. The highest BCUT2D eigenvalue weighted by molar-refractivity contribution is 9.10. The Morgan fingerprint density at radius 3 is 2.89 bits per heavy atom. The number of nitrogens with zero attached hydrogens (tertiary/aromatic N) is 3. The Kier molecular flexibility index (Phi) is 4.41. The van der Waals surface area contributed by atoms with E-state index in [9.17, 15) is 9.59 Å². The van der Waals surface area contributed by atoms with Crippen LogP contribution in [-0.4, -0.2) is 59.5 Å². The molecule has 0 radical (unpaired) electrons. The molecule has 1 fully saturated rings. The van der Waals surface area contributed by atoms with Crippen molar-refractivity contribution < 1.29 is 14.3 Å². The van der Waals surface area contributed by atoms with E-state index < -0.39 is 0 Å². The van der Waals surface area contributed by atoms with Crippen molar-refractivity contribution in [2.45, 2.75) is 12.5 Å². The van der Waals surface area contributed by atoms with E-state index in [-0.39, 0.29) is 18.1 Å². The Balaban J connectivity index is 1.94. The van der Waals surface area contributed by atoms with Crippen molar-refractivity contribution in [1.82, 2.24) is 14.2 Å². The molecule has 2 rings (SSSR count). The zero-order valence-corrected chi connectivity index (χ0v) is 13.0. The molecule has 1 atom stereocenters. The Morgan fingerprint density at radius 1 is 1.58 bits per heavy atom. The highest BCUT2D eigenvalue weighted by Gasteiger charge is 2.31. The largest absolute Gasteiger partial charge is 0.444 e. The molecule has 0 bridgehead atoms.